The standard InChI is InChI=1S/C23H17ClFN3O2S2/c1-12(29)28-9-8-15-19(11-28)32-23(27-21(30)14-7-6-13(25)10-16(14)24)20(15)22-26-17-4-2-3-5-18(17)31-22/h2-7,10H,8-9,11H2,1H3,(H,27,30). The molecule has 162 valence electrons. The monoisotopic (exact) mass is 485 g/mol. The van der Waals surface area contributed by atoms with E-state index in [0.29, 0.717) is 24.5 Å². The minimum absolute atomic E-state index is 0.0225. The summed E-state index contributed by atoms with van der Waals surface area (Å²) in [5.74, 6) is -0.897. The molecule has 0 bridgehead atoms. The van der Waals surface area contributed by atoms with Crippen LogP contribution in [0.3, 0.4) is 0 Å². The summed E-state index contributed by atoms with van der Waals surface area (Å²) in [5, 5.41) is 4.49. The zero-order valence-corrected chi connectivity index (χ0v) is 19.3. The number of anilines is 1. The Hall–Kier alpha value is -2.81. The van der Waals surface area contributed by atoms with Crippen LogP contribution in [0.1, 0.15) is 27.7 Å². The van der Waals surface area contributed by atoms with E-state index < -0.39 is 11.7 Å². The molecule has 9 heteroatoms. The van der Waals surface area contributed by atoms with E-state index in [2.05, 4.69) is 5.32 Å². The van der Waals surface area contributed by atoms with Gasteiger partial charge in [0.25, 0.3) is 5.91 Å². The second kappa shape index (κ2) is 8.27. The number of halogens is 2. The van der Waals surface area contributed by atoms with Crippen LogP contribution < -0.4 is 5.32 Å². The molecule has 0 saturated carbocycles. The molecule has 0 saturated heterocycles. The zero-order valence-electron chi connectivity index (χ0n) is 16.9. The maximum Gasteiger partial charge on any atom is 0.257 e. The van der Waals surface area contributed by atoms with Gasteiger partial charge in [0.1, 0.15) is 15.8 Å². The molecule has 1 aliphatic rings. The van der Waals surface area contributed by atoms with Gasteiger partial charge >= 0.3 is 0 Å². The van der Waals surface area contributed by atoms with Crippen molar-refractivity contribution in [2.45, 2.75) is 19.9 Å². The minimum Gasteiger partial charge on any atom is -0.337 e. The lowest BCUT2D eigenvalue weighted by Gasteiger charge is -2.26. The largest absolute Gasteiger partial charge is 0.337 e. The number of thiophene rings is 1. The Morgan fingerprint density at radius 2 is 2.00 bits per heavy atom. The molecule has 2 amide bonds. The Morgan fingerprint density at radius 1 is 1.19 bits per heavy atom. The van der Waals surface area contributed by atoms with Gasteiger partial charge in [0, 0.05) is 23.9 Å². The SMILES string of the molecule is CC(=O)N1CCc2c(sc(NC(=O)c3ccc(F)cc3Cl)c2-c2nc3ccccc3s2)C1. The van der Waals surface area contributed by atoms with Crippen LogP contribution in [0.2, 0.25) is 5.02 Å². The molecular formula is C23H17ClFN3O2S2. The van der Waals surface area contributed by atoms with Crippen LogP contribution in [0.25, 0.3) is 20.8 Å². The second-order valence-electron chi connectivity index (χ2n) is 7.46. The van der Waals surface area contributed by atoms with Gasteiger partial charge in [0.05, 0.1) is 27.3 Å². The first-order chi connectivity index (χ1) is 15.4. The average molecular weight is 486 g/mol. The third-order valence-corrected chi connectivity index (χ3v) is 7.91. The van der Waals surface area contributed by atoms with Crippen molar-refractivity contribution in [2.75, 3.05) is 11.9 Å². The molecule has 0 unspecified atom stereocenters. The fourth-order valence-electron chi connectivity index (χ4n) is 3.81. The van der Waals surface area contributed by atoms with Gasteiger partial charge in [0.2, 0.25) is 5.91 Å². The Bertz CT molecular complexity index is 1350. The molecule has 2 aromatic heterocycles. The first-order valence-electron chi connectivity index (χ1n) is 9.93. The first-order valence-corrected chi connectivity index (χ1v) is 11.9. The number of carbonyl (C=O) groups is 2. The van der Waals surface area contributed by atoms with E-state index in [4.69, 9.17) is 16.6 Å². The number of amides is 2. The van der Waals surface area contributed by atoms with Crippen LogP contribution in [-0.4, -0.2) is 28.2 Å². The van der Waals surface area contributed by atoms with Crippen molar-refractivity contribution in [3.8, 4) is 10.6 Å². The molecule has 3 heterocycles. The third kappa shape index (κ3) is 3.79. The summed E-state index contributed by atoms with van der Waals surface area (Å²) in [6.45, 7) is 2.68. The van der Waals surface area contributed by atoms with E-state index in [1.54, 1.807) is 23.2 Å². The van der Waals surface area contributed by atoms with E-state index in [0.717, 1.165) is 37.3 Å². The van der Waals surface area contributed by atoms with E-state index in [1.165, 1.54) is 23.5 Å². The number of nitrogens with one attached hydrogen (secondary N) is 1. The molecule has 0 aliphatic carbocycles. The molecule has 0 spiro atoms. The van der Waals surface area contributed by atoms with Crippen LogP contribution in [-0.2, 0) is 17.8 Å². The number of aromatic nitrogens is 1. The number of para-hydroxylation sites is 1. The predicted molar refractivity (Wildman–Crippen MR) is 127 cm³/mol. The maximum absolute atomic E-state index is 13.4. The van der Waals surface area contributed by atoms with Gasteiger partial charge in [-0.1, -0.05) is 23.7 Å². The second-order valence-corrected chi connectivity index (χ2v) is 10.0. The highest BCUT2D eigenvalue weighted by Gasteiger charge is 2.29. The number of carbonyl (C=O) groups excluding carboxylic acids is 2. The highest BCUT2D eigenvalue weighted by Crippen LogP contribution is 2.46. The molecule has 5 nitrogen and oxygen atoms in total. The average Bonchev–Trinajstić information content (AvgIpc) is 3.33. The summed E-state index contributed by atoms with van der Waals surface area (Å²) < 4.78 is 14.5. The molecule has 0 radical (unpaired) electrons. The molecule has 0 fully saturated rings. The van der Waals surface area contributed by atoms with E-state index in [9.17, 15) is 14.0 Å². The summed E-state index contributed by atoms with van der Waals surface area (Å²) >= 11 is 9.11. The molecular weight excluding hydrogens is 469 g/mol. The number of nitrogens with zero attached hydrogens (tertiary/aromatic N) is 2. The van der Waals surface area contributed by atoms with Crippen molar-refractivity contribution in [1.29, 1.82) is 0 Å². The fourth-order valence-corrected chi connectivity index (χ4v) is 6.43. The smallest absolute Gasteiger partial charge is 0.257 e. The van der Waals surface area contributed by atoms with Crippen molar-refractivity contribution in [3.05, 3.63) is 69.3 Å². The van der Waals surface area contributed by atoms with Gasteiger partial charge in [-0.2, -0.15) is 0 Å². The van der Waals surface area contributed by atoms with Crippen LogP contribution in [0.4, 0.5) is 9.39 Å². The van der Waals surface area contributed by atoms with Gasteiger partial charge in [-0.05, 0) is 42.3 Å². The Labute approximate surface area is 196 Å². The Kier molecular flexibility index (Phi) is 5.44. The molecule has 1 N–H and O–H groups in total. The highest BCUT2D eigenvalue weighted by molar-refractivity contribution is 7.23. The summed E-state index contributed by atoms with van der Waals surface area (Å²) in [5.41, 5.74) is 3.08. The highest BCUT2D eigenvalue weighted by atomic mass is 35.5. The van der Waals surface area contributed by atoms with Crippen molar-refractivity contribution in [3.63, 3.8) is 0 Å². The Morgan fingerprint density at radius 3 is 2.75 bits per heavy atom. The molecule has 1 aliphatic heterocycles. The number of hydrogen-bond donors (Lipinski definition) is 1. The molecule has 2 aromatic carbocycles. The van der Waals surface area contributed by atoms with Gasteiger partial charge < -0.3 is 10.2 Å². The molecule has 5 rings (SSSR count). The van der Waals surface area contributed by atoms with E-state index >= 15 is 0 Å². The van der Waals surface area contributed by atoms with Crippen molar-refractivity contribution in [1.82, 2.24) is 9.88 Å². The summed E-state index contributed by atoms with van der Waals surface area (Å²) in [7, 11) is 0. The van der Waals surface area contributed by atoms with Gasteiger partial charge in [-0.15, -0.1) is 22.7 Å². The van der Waals surface area contributed by atoms with Gasteiger partial charge in [-0.25, -0.2) is 9.37 Å². The van der Waals surface area contributed by atoms with Crippen molar-refractivity contribution >= 4 is 61.3 Å². The molecule has 32 heavy (non-hydrogen) atoms. The molecule has 0 atom stereocenters. The van der Waals surface area contributed by atoms with E-state index in [1.807, 2.05) is 24.3 Å². The minimum atomic E-state index is -0.502. The fraction of sp³-hybridized carbons (Fsp3) is 0.174. The van der Waals surface area contributed by atoms with Crippen LogP contribution in [0, 0.1) is 5.82 Å². The number of hydrogen-bond acceptors (Lipinski definition) is 5. The maximum atomic E-state index is 13.4. The zero-order chi connectivity index (χ0) is 22.4. The van der Waals surface area contributed by atoms with Crippen LogP contribution in [0.15, 0.2) is 42.5 Å². The van der Waals surface area contributed by atoms with Crippen LogP contribution >= 0.6 is 34.3 Å². The van der Waals surface area contributed by atoms with Crippen LogP contribution in [0.5, 0.6) is 0 Å². The lowest BCUT2D eigenvalue weighted by atomic mass is 10.0. The van der Waals surface area contributed by atoms with Crippen molar-refractivity contribution < 1.29 is 14.0 Å². The summed E-state index contributed by atoms with van der Waals surface area (Å²) in [4.78, 5) is 32.5. The first kappa shape index (κ1) is 21.1. The lowest BCUT2D eigenvalue weighted by Crippen LogP contribution is -2.33. The van der Waals surface area contributed by atoms with Crippen molar-refractivity contribution in [2.24, 2.45) is 0 Å². The summed E-state index contributed by atoms with van der Waals surface area (Å²) in [6, 6.07) is 11.6. The lowest BCUT2D eigenvalue weighted by molar-refractivity contribution is -0.129. The van der Waals surface area contributed by atoms with E-state index in [-0.39, 0.29) is 16.5 Å². The normalized spacial score (nSPS) is 13.3. The predicted octanol–water partition coefficient (Wildman–Crippen LogP) is 5.97. The quantitative estimate of drug-likeness (QED) is 0.388. The number of thiazole rings is 1. The summed E-state index contributed by atoms with van der Waals surface area (Å²) in [6.07, 6.45) is 0.684. The molecule has 4 aromatic rings. The number of benzene rings is 2. The van der Waals surface area contributed by atoms with Gasteiger partial charge in [-0.3, -0.25) is 9.59 Å². The third-order valence-electron chi connectivity index (χ3n) is 5.41. The van der Waals surface area contributed by atoms with Gasteiger partial charge in [0.15, 0.2) is 0 Å². The topological polar surface area (TPSA) is 62.3 Å². The number of rotatable bonds is 3. The Balaban J connectivity index is 1.59. The number of fused-ring (bicyclic) bond motifs is 2.